The van der Waals surface area contributed by atoms with Crippen molar-refractivity contribution in [3.8, 4) is 0 Å². The molecule has 2 N–H and O–H groups in total. The number of allylic oxidation sites excluding steroid dienone is 1. The standard InChI is InChI=1S/C4H6N2O/c5-2-1-3-6-4-7/h1-4H,5H2. The Labute approximate surface area is 41.5 Å². The van der Waals surface area contributed by atoms with Gasteiger partial charge < -0.3 is 5.73 Å². The molecule has 3 heteroatoms. The lowest BCUT2D eigenvalue weighted by Gasteiger charge is -1.64. The normalized spacial score (nSPS) is 10.9. The number of nitrogens with two attached hydrogens (primary N) is 1. The monoisotopic (exact) mass is 98.0 g/mol. The number of carbonyl (C=O) groups is 1. The second kappa shape index (κ2) is 4.88. The first-order valence-corrected chi connectivity index (χ1v) is 1.75. The third kappa shape index (κ3) is 4.88. The highest BCUT2D eigenvalue weighted by molar-refractivity contribution is 5.77. The van der Waals surface area contributed by atoms with E-state index in [0.717, 1.165) is 0 Å². The van der Waals surface area contributed by atoms with Crippen LogP contribution in [0.15, 0.2) is 17.3 Å². The van der Waals surface area contributed by atoms with Crippen molar-refractivity contribution < 1.29 is 4.79 Å². The van der Waals surface area contributed by atoms with Crippen LogP contribution in [-0.4, -0.2) is 12.6 Å². The van der Waals surface area contributed by atoms with Crippen LogP contribution in [0.3, 0.4) is 0 Å². The molecule has 0 aromatic rings. The topological polar surface area (TPSA) is 55.4 Å². The molecule has 7 heavy (non-hydrogen) atoms. The molecular formula is C4H6N2O. The zero-order valence-corrected chi connectivity index (χ0v) is 3.74. The molecule has 1 amide bonds. The highest BCUT2D eigenvalue weighted by Gasteiger charge is 1.55. The van der Waals surface area contributed by atoms with E-state index in [1.54, 1.807) is 0 Å². The van der Waals surface area contributed by atoms with Gasteiger partial charge in [-0.05, 0) is 12.3 Å². The minimum atomic E-state index is 0.444. The van der Waals surface area contributed by atoms with Crippen molar-refractivity contribution in [2.24, 2.45) is 10.7 Å². The first-order valence-electron chi connectivity index (χ1n) is 1.75. The van der Waals surface area contributed by atoms with Crippen LogP contribution in [0.1, 0.15) is 0 Å². The van der Waals surface area contributed by atoms with E-state index in [2.05, 4.69) is 4.99 Å². The first-order chi connectivity index (χ1) is 3.41. The van der Waals surface area contributed by atoms with E-state index in [4.69, 9.17) is 5.73 Å². The minimum Gasteiger partial charge on any atom is -0.405 e. The second-order valence-corrected chi connectivity index (χ2v) is 0.788. The number of aliphatic imine (C=N–C) groups is 1. The molecule has 0 unspecified atom stereocenters. The van der Waals surface area contributed by atoms with E-state index in [9.17, 15) is 4.79 Å². The molecule has 0 aromatic heterocycles. The van der Waals surface area contributed by atoms with E-state index < -0.39 is 0 Å². The maximum atomic E-state index is 9.41. The fourth-order valence-electron chi connectivity index (χ4n) is 0.135. The molecular weight excluding hydrogens is 92.1 g/mol. The SMILES string of the molecule is NC=CC=NC=O. The van der Waals surface area contributed by atoms with Gasteiger partial charge in [0.05, 0.1) is 0 Å². The summed E-state index contributed by atoms with van der Waals surface area (Å²) in [6, 6.07) is 0. The van der Waals surface area contributed by atoms with Crippen LogP contribution in [0.5, 0.6) is 0 Å². The Hall–Kier alpha value is -1.12. The number of rotatable bonds is 2. The molecule has 0 rings (SSSR count). The van der Waals surface area contributed by atoms with E-state index in [0.29, 0.717) is 6.41 Å². The Bertz CT molecular complexity index is 95.9. The van der Waals surface area contributed by atoms with Crippen molar-refractivity contribution in [3.63, 3.8) is 0 Å². The summed E-state index contributed by atoms with van der Waals surface area (Å²) in [6.07, 6.45) is 4.52. The zero-order valence-electron chi connectivity index (χ0n) is 3.74. The van der Waals surface area contributed by atoms with Crippen LogP contribution in [0.25, 0.3) is 0 Å². The van der Waals surface area contributed by atoms with Crippen molar-refractivity contribution in [3.05, 3.63) is 12.3 Å². The molecule has 38 valence electrons. The predicted molar refractivity (Wildman–Crippen MR) is 27.9 cm³/mol. The first kappa shape index (κ1) is 5.88. The van der Waals surface area contributed by atoms with E-state index in [1.165, 1.54) is 18.5 Å². The van der Waals surface area contributed by atoms with Crippen LogP contribution < -0.4 is 5.73 Å². The maximum absolute atomic E-state index is 9.41. The smallest absolute Gasteiger partial charge is 0.232 e. The molecule has 3 nitrogen and oxygen atoms in total. The summed E-state index contributed by atoms with van der Waals surface area (Å²) in [7, 11) is 0. The average Bonchev–Trinajstić information content (AvgIpc) is 1.69. The third-order valence-electron chi connectivity index (χ3n) is 0.344. The summed E-state index contributed by atoms with van der Waals surface area (Å²) in [5.74, 6) is 0. The van der Waals surface area contributed by atoms with Crippen LogP contribution >= 0.6 is 0 Å². The van der Waals surface area contributed by atoms with Gasteiger partial charge in [0.2, 0.25) is 6.41 Å². The predicted octanol–water partition coefficient (Wildman–Crippen LogP) is -0.314. The van der Waals surface area contributed by atoms with Gasteiger partial charge in [0, 0.05) is 6.21 Å². The molecule has 0 aliphatic heterocycles. The Morgan fingerprint density at radius 3 is 2.71 bits per heavy atom. The summed E-state index contributed by atoms with van der Waals surface area (Å²) in [5, 5.41) is 0. The van der Waals surface area contributed by atoms with E-state index in [1.807, 2.05) is 0 Å². The fourth-order valence-corrected chi connectivity index (χ4v) is 0.135. The Morgan fingerprint density at radius 1 is 1.57 bits per heavy atom. The molecule has 0 aliphatic carbocycles. The molecule has 0 aromatic carbocycles. The summed E-state index contributed by atoms with van der Waals surface area (Å²) >= 11 is 0. The average molecular weight is 98.1 g/mol. The van der Waals surface area contributed by atoms with Gasteiger partial charge in [-0.1, -0.05) is 0 Å². The summed E-state index contributed by atoms with van der Waals surface area (Å²) in [6.45, 7) is 0. The highest BCUT2D eigenvalue weighted by atomic mass is 16.1. The Morgan fingerprint density at radius 2 is 2.29 bits per heavy atom. The van der Waals surface area contributed by atoms with Crippen molar-refractivity contribution in [2.45, 2.75) is 0 Å². The third-order valence-corrected chi connectivity index (χ3v) is 0.344. The minimum absolute atomic E-state index is 0.444. The molecule has 0 saturated carbocycles. The van der Waals surface area contributed by atoms with E-state index >= 15 is 0 Å². The van der Waals surface area contributed by atoms with Crippen molar-refractivity contribution in [1.82, 2.24) is 0 Å². The number of amides is 1. The number of hydrogen-bond donors (Lipinski definition) is 1. The molecule has 0 spiro atoms. The van der Waals surface area contributed by atoms with Gasteiger partial charge >= 0.3 is 0 Å². The van der Waals surface area contributed by atoms with Crippen molar-refractivity contribution in [2.75, 3.05) is 0 Å². The summed E-state index contributed by atoms with van der Waals surface area (Å²) in [4.78, 5) is 12.6. The molecule has 0 bridgehead atoms. The lowest BCUT2D eigenvalue weighted by atomic mass is 10.7. The molecule has 0 heterocycles. The number of carbonyl (C=O) groups excluding carboxylic acids is 1. The van der Waals surface area contributed by atoms with Crippen LogP contribution in [0, 0.1) is 0 Å². The summed E-state index contributed by atoms with van der Waals surface area (Å²) < 4.78 is 0. The molecule has 0 radical (unpaired) electrons. The Balaban J connectivity index is 3.27. The van der Waals surface area contributed by atoms with Gasteiger partial charge in [0.25, 0.3) is 0 Å². The number of nitrogens with zero attached hydrogens (tertiary/aromatic N) is 1. The highest BCUT2D eigenvalue weighted by Crippen LogP contribution is 1.55. The quantitative estimate of drug-likeness (QED) is 0.380. The van der Waals surface area contributed by atoms with Gasteiger partial charge in [0.1, 0.15) is 0 Å². The molecule has 0 atom stereocenters. The van der Waals surface area contributed by atoms with E-state index in [-0.39, 0.29) is 0 Å². The molecule has 0 saturated heterocycles. The van der Waals surface area contributed by atoms with Gasteiger partial charge in [-0.25, -0.2) is 4.99 Å². The maximum Gasteiger partial charge on any atom is 0.232 e. The zero-order chi connectivity index (χ0) is 5.54. The van der Waals surface area contributed by atoms with Gasteiger partial charge in [0.15, 0.2) is 0 Å². The van der Waals surface area contributed by atoms with Crippen LogP contribution in [-0.2, 0) is 4.79 Å². The van der Waals surface area contributed by atoms with Crippen molar-refractivity contribution >= 4 is 12.6 Å². The van der Waals surface area contributed by atoms with Crippen LogP contribution in [0.2, 0.25) is 0 Å². The lowest BCUT2D eigenvalue weighted by molar-refractivity contribution is -0.106. The van der Waals surface area contributed by atoms with Gasteiger partial charge in [-0.15, -0.1) is 0 Å². The Kier molecular flexibility index (Phi) is 4.10. The molecule has 0 fully saturated rings. The van der Waals surface area contributed by atoms with Gasteiger partial charge in [-0.3, -0.25) is 4.79 Å². The molecule has 0 aliphatic rings. The van der Waals surface area contributed by atoms with Crippen LogP contribution in [0.4, 0.5) is 0 Å². The second-order valence-electron chi connectivity index (χ2n) is 0.788. The van der Waals surface area contributed by atoms with Crippen molar-refractivity contribution in [1.29, 1.82) is 0 Å². The lowest BCUT2D eigenvalue weighted by Crippen LogP contribution is -1.75. The fraction of sp³-hybridized carbons (Fsp3) is 0. The largest absolute Gasteiger partial charge is 0.405 e. The summed E-state index contributed by atoms with van der Waals surface area (Å²) in [5.41, 5.74) is 4.88. The van der Waals surface area contributed by atoms with Gasteiger partial charge in [-0.2, -0.15) is 0 Å². The number of hydrogen-bond acceptors (Lipinski definition) is 2.